The number of aromatic nitrogens is 2. The number of sulfone groups is 1. The molecule has 0 saturated heterocycles. The number of rotatable bonds is 9. The molecule has 2 N–H and O–H groups in total. The van der Waals surface area contributed by atoms with Crippen molar-refractivity contribution < 1.29 is 22.5 Å². The number of nitrogens with zero attached hydrogens (tertiary/aromatic N) is 2. The molecule has 0 radical (unpaired) electrons. The highest BCUT2D eigenvalue weighted by atomic mass is 32.2. The largest absolute Gasteiger partial charge is 0.484 e. The molecular weight excluding hydrogens is 394 g/mol. The molecule has 152 valence electrons. The Morgan fingerprint density at radius 3 is 2.45 bits per heavy atom. The molecular formula is C20H21N3O5S. The van der Waals surface area contributed by atoms with Crippen LogP contribution in [0.5, 0.6) is 5.75 Å². The maximum absolute atomic E-state index is 12.0. The predicted octanol–water partition coefficient (Wildman–Crippen LogP) is 2.67. The Bertz CT molecular complexity index is 1060. The quantitative estimate of drug-likeness (QED) is 0.569. The maximum atomic E-state index is 12.0. The van der Waals surface area contributed by atoms with E-state index in [1.54, 1.807) is 24.3 Å². The van der Waals surface area contributed by atoms with Crippen molar-refractivity contribution in [1.29, 1.82) is 0 Å². The number of nitrogens with two attached hydrogens (primary N) is 1. The van der Waals surface area contributed by atoms with Gasteiger partial charge in [0.15, 0.2) is 16.4 Å². The molecule has 3 rings (SSSR count). The highest BCUT2D eigenvalue weighted by Gasteiger charge is 2.23. The SMILES string of the molecule is CS(=O)(=O)C(CCC(N)=O)c1ccc(OCc2nc(-c3ccccc3)no2)cc1. The van der Waals surface area contributed by atoms with Gasteiger partial charge in [-0.2, -0.15) is 4.98 Å². The van der Waals surface area contributed by atoms with E-state index in [1.165, 1.54) is 0 Å². The summed E-state index contributed by atoms with van der Waals surface area (Å²) in [5.41, 5.74) is 6.56. The van der Waals surface area contributed by atoms with Crippen LogP contribution in [-0.4, -0.2) is 30.7 Å². The first-order chi connectivity index (χ1) is 13.8. The van der Waals surface area contributed by atoms with E-state index in [-0.39, 0.29) is 19.4 Å². The lowest BCUT2D eigenvalue weighted by molar-refractivity contribution is -0.118. The zero-order chi connectivity index (χ0) is 20.9. The average Bonchev–Trinajstić information content (AvgIpc) is 3.16. The first-order valence-electron chi connectivity index (χ1n) is 8.91. The van der Waals surface area contributed by atoms with Crippen molar-refractivity contribution in [1.82, 2.24) is 10.1 Å². The Morgan fingerprint density at radius 2 is 1.83 bits per heavy atom. The second kappa shape index (κ2) is 8.87. The zero-order valence-electron chi connectivity index (χ0n) is 15.8. The molecule has 9 heteroatoms. The van der Waals surface area contributed by atoms with Gasteiger partial charge in [0.05, 0.1) is 5.25 Å². The second-order valence-electron chi connectivity index (χ2n) is 6.56. The summed E-state index contributed by atoms with van der Waals surface area (Å²) in [6.07, 6.45) is 1.28. The first kappa shape index (κ1) is 20.5. The van der Waals surface area contributed by atoms with Crippen LogP contribution in [-0.2, 0) is 21.2 Å². The van der Waals surface area contributed by atoms with Gasteiger partial charge in [0.25, 0.3) is 5.89 Å². The fraction of sp³-hybridized carbons (Fsp3) is 0.250. The van der Waals surface area contributed by atoms with Crippen LogP contribution in [0, 0.1) is 0 Å². The number of amides is 1. The average molecular weight is 415 g/mol. The standard InChI is InChI=1S/C20H21N3O5S/c1-29(25,26)17(11-12-18(21)24)14-7-9-16(10-8-14)27-13-19-22-20(23-28-19)15-5-3-2-4-6-15/h2-10,17H,11-13H2,1H3,(H2,21,24). The van der Waals surface area contributed by atoms with E-state index in [9.17, 15) is 13.2 Å². The van der Waals surface area contributed by atoms with Gasteiger partial charge in [-0.3, -0.25) is 4.79 Å². The summed E-state index contributed by atoms with van der Waals surface area (Å²) in [6.45, 7) is 0.0797. The van der Waals surface area contributed by atoms with Gasteiger partial charge in [-0.15, -0.1) is 0 Å². The minimum Gasteiger partial charge on any atom is -0.484 e. The Kier molecular flexibility index (Phi) is 6.28. The van der Waals surface area contributed by atoms with Crippen LogP contribution in [0.1, 0.15) is 29.5 Å². The Balaban J connectivity index is 1.64. The maximum Gasteiger partial charge on any atom is 0.264 e. The molecule has 29 heavy (non-hydrogen) atoms. The highest BCUT2D eigenvalue weighted by molar-refractivity contribution is 7.90. The fourth-order valence-electron chi connectivity index (χ4n) is 2.84. The molecule has 1 amide bonds. The molecule has 0 aliphatic heterocycles. The van der Waals surface area contributed by atoms with E-state index in [4.69, 9.17) is 15.0 Å². The number of primary amides is 1. The summed E-state index contributed by atoms with van der Waals surface area (Å²) in [4.78, 5) is 15.3. The van der Waals surface area contributed by atoms with E-state index in [2.05, 4.69) is 10.1 Å². The minimum absolute atomic E-state index is 0.00308. The zero-order valence-corrected chi connectivity index (χ0v) is 16.6. The third-order valence-electron chi connectivity index (χ3n) is 4.28. The smallest absolute Gasteiger partial charge is 0.264 e. The topological polar surface area (TPSA) is 125 Å². The molecule has 0 bridgehead atoms. The Hall–Kier alpha value is -3.20. The third kappa shape index (κ3) is 5.64. The van der Waals surface area contributed by atoms with Crippen molar-refractivity contribution >= 4 is 15.7 Å². The minimum atomic E-state index is -3.39. The van der Waals surface area contributed by atoms with Crippen LogP contribution in [0.3, 0.4) is 0 Å². The fourth-order valence-corrected chi connectivity index (χ4v) is 4.04. The summed E-state index contributed by atoms with van der Waals surface area (Å²) < 4.78 is 34.9. The van der Waals surface area contributed by atoms with Gasteiger partial charge in [-0.05, 0) is 24.1 Å². The molecule has 0 fully saturated rings. The van der Waals surface area contributed by atoms with Gasteiger partial charge in [0, 0.05) is 18.2 Å². The van der Waals surface area contributed by atoms with Crippen LogP contribution in [0.4, 0.5) is 0 Å². The van der Waals surface area contributed by atoms with Gasteiger partial charge < -0.3 is 15.0 Å². The third-order valence-corrected chi connectivity index (χ3v) is 5.83. The Morgan fingerprint density at radius 1 is 1.14 bits per heavy atom. The highest BCUT2D eigenvalue weighted by Crippen LogP contribution is 2.28. The van der Waals surface area contributed by atoms with Crippen LogP contribution in [0.25, 0.3) is 11.4 Å². The number of benzene rings is 2. The van der Waals surface area contributed by atoms with E-state index < -0.39 is 21.0 Å². The van der Waals surface area contributed by atoms with E-state index >= 15 is 0 Å². The van der Waals surface area contributed by atoms with E-state index in [1.807, 2.05) is 30.3 Å². The lowest BCUT2D eigenvalue weighted by Gasteiger charge is -2.15. The van der Waals surface area contributed by atoms with Crippen molar-refractivity contribution in [2.75, 3.05) is 6.26 Å². The van der Waals surface area contributed by atoms with Gasteiger partial charge in [0.1, 0.15) is 5.75 Å². The van der Waals surface area contributed by atoms with Crippen LogP contribution < -0.4 is 10.5 Å². The second-order valence-corrected chi connectivity index (χ2v) is 8.79. The number of carbonyl (C=O) groups excluding carboxylic acids is 1. The summed E-state index contributed by atoms with van der Waals surface area (Å²) in [5, 5.41) is 3.13. The summed E-state index contributed by atoms with van der Waals surface area (Å²) in [7, 11) is -3.39. The van der Waals surface area contributed by atoms with Gasteiger partial charge in [-0.25, -0.2) is 8.42 Å². The predicted molar refractivity (Wildman–Crippen MR) is 107 cm³/mol. The molecule has 8 nitrogen and oxygen atoms in total. The lowest BCUT2D eigenvalue weighted by atomic mass is 10.1. The number of ether oxygens (including phenoxy) is 1. The van der Waals surface area contributed by atoms with Crippen molar-refractivity contribution in [3.8, 4) is 17.1 Å². The van der Waals surface area contributed by atoms with Crippen LogP contribution in [0.2, 0.25) is 0 Å². The molecule has 2 aromatic carbocycles. The normalized spacial score (nSPS) is 12.4. The number of carbonyl (C=O) groups is 1. The lowest BCUT2D eigenvalue weighted by Crippen LogP contribution is -2.16. The molecule has 1 atom stereocenters. The molecule has 3 aromatic rings. The van der Waals surface area contributed by atoms with Gasteiger partial charge in [-0.1, -0.05) is 47.6 Å². The molecule has 0 aliphatic rings. The van der Waals surface area contributed by atoms with Crippen molar-refractivity contribution in [3.05, 3.63) is 66.1 Å². The van der Waals surface area contributed by atoms with Crippen molar-refractivity contribution in [3.63, 3.8) is 0 Å². The van der Waals surface area contributed by atoms with E-state index in [0.29, 0.717) is 23.0 Å². The molecule has 0 saturated carbocycles. The van der Waals surface area contributed by atoms with Gasteiger partial charge >= 0.3 is 0 Å². The molecule has 1 aromatic heterocycles. The Labute approximate surface area is 168 Å². The van der Waals surface area contributed by atoms with Crippen molar-refractivity contribution in [2.45, 2.75) is 24.7 Å². The molecule has 0 aliphatic carbocycles. The molecule has 1 heterocycles. The molecule has 1 unspecified atom stereocenters. The summed E-state index contributed by atoms with van der Waals surface area (Å²) in [5.74, 6) is 0.789. The van der Waals surface area contributed by atoms with E-state index in [0.717, 1.165) is 11.8 Å². The summed E-state index contributed by atoms with van der Waals surface area (Å²) in [6, 6.07) is 16.1. The number of hydrogen-bond acceptors (Lipinski definition) is 7. The van der Waals surface area contributed by atoms with Crippen LogP contribution in [0.15, 0.2) is 59.1 Å². The monoisotopic (exact) mass is 415 g/mol. The number of hydrogen-bond donors (Lipinski definition) is 1. The van der Waals surface area contributed by atoms with Crippen molar-refractivity contribution in [2.24, 2.45) is 5.73 Å². The first-order valence-corrected chi connectivity index (χ1v) is 10.9. The van der Waals surface area contributed by atoms with Crippen LogP contribution >= 0.6 is 0 Å². The molecule has 0 spiro atoms. The summed E-state index contributed by atoms with van der Waals surface area (Å²) >= 11 is 0. The van der Waals surface area contributed by atoms with Gasteiger partial charge in [0.2, 0.25) is 11.7 Å².